The van der Waals surface area contributed by atoms with Crippen molar-refractivity contribution in [1.82, 2.24) is 10.6 Å². The van der Waals surface area contributed by atoms with Gasteiger partial charge in [0.25, 0.3) is 6.43 Å². The first-order valence-corrected chi connectivity index (χ1v) is 3.79. The molecule has 4 nitrogen and oxygen atoms in total. The van der Waals surface area contributed by atoms with E-state index in [0.29, 0.717) is 0 Å². The van der Waals surface area contributed by atoms with Crippen LogP contribution in [0.15, 0.2) is 0 Å². The number of nitrogens with zero attached hydrogens (tertiary/aromatic N) is 1. The standard InChI is InChI=1S/C7H11F2N3O/c8-6(9)4-11-5-7(13)12-3-1-2-10/h6,11H,1,3-5H2,(H,12,13). The first kappa shape index (κ1) is 11.8. The van der Waals surface area contributed by atoms with Crippen LogP contribution in [-0.2, 0) is 4.79 Å². The number of halogens is 2. The Kier molecular flexibility index (Phi) is 6.73. The predicted molar refractivity (Wildman–Crippen MR) is 42.1 cm³/mol. The number of amides is 1. The lowest BCUT2D eigenvalue weighted by Gasteiger charge is -2.03. The molecule has 0 atom stereocenters. The Morgan fingerprint density at radius 3 is 2.77 bits per heavy atom. The van der Waals surface area contributed by atoms with Crippen LogP contribution in [0.1, 0.15) is 6.42 Å². The second-order valence-corrected chi connectivity index (χ2v) is 2.28. The van der Waals surface area contributed by atoms with Crippen molar-refractivity contribution in [3.8, 4) is 6.07 Å². The van der Waals surface area contributed by atoms with Crippen LogP contribution < -0.4 is 10.6 Å². The minimum absolute atomic E-state index is 0.143. The maximum atomic E-state index is 11.6. The van der Waals surface area contributed by atoms with Gasteiger partial charge in [-0.2, -0.15) is 5.26 Å². The average molecular weight is 191 g/mol. The molecule has 0 aromatic heterocycles. The van der Waals surface area contributed by atoms with Gasteiger partial charge in [0.05, 0.1) is 25.6 Å². The van der Waals surface area contributed by atoms with E-state index in [-0.39, 0.29) is 25.4 Å². The third-order valence-corrected chi connectivity index (χ3v) is 1.14. The van der Waals surface area contributed by atoms with Gasteiger partial charge in [0, 0.05) is 6.54 Å². The fourth-order valence-corrected chi connectivity index (χ4v) is 0.615. The number of hydrogen-bond acceptors (Lipinski definition) is 3. The van der Waals surface area contributed by atoms with Crippen molar-refractivity contribution >= 4 is 5.91 Å². The summed E-state index contributed by atoms with van der Waals surface area (Å²) in [5, 5.41) is 12.8. The van der Waals surface area contributed by atoms with E-state index in [2.05, 4.69) is 10.6 Å². The molecule has 0 aromatic rings. The van der Waals surface area contributed by atoms with Gasteiger partial charge in [0.1, 0.15) is 0 Å². The van der Waals surface area contributed by atoms with E-state index in [1.807, 2.05) is 6.07 Å². The Bertz CT molecular complexity index is 191. The lowest BCUT2D eigenvalue weighted by atomic mass is 10.4. The number of rotatable bonds is 6. The summed E-state index contributed by atoms with van der Waals surface area (Å²) in [6.45, 7) is -0.382. The highest BCUT2D eigenvalue weighted by Gasteiger charge is 2.03. The molecule has 2 N–H and O–H groups in total. The highest BCUT2D eigenvalue weighted by Crippen LogP contribution is 1.86. The molecular formula is C7H11F2N3O. The fourth-order valence-electron chi connectivity index (χ4n) is 0.615. The van der Waals surface area contributed by atoms with Crippen molar-refractivity contribution in [2.24, 2.45) is 0 Å². The zero-order chi connectivity index (χ0) is 10.1. The van der Waals surface area contributed by atoms with E-state index in [1.54, 1.807) is 0 Å². The van der Waals surface area contributed by atoms with E-state index in [9.17, 15) is 13.6 Å². The Balaban J connectivity index is 3.26. The first-order valence-electron chi connectivity index (χ1n) is 3.79. The molecule has 13 heavy (non-hydrogen) atoms. The third-order valence-electron chi connectivity index (χ3n) is 1.14. The number of nitriles is 1. The molecule has 0 radical (unpaired) electrons. The third kappa shape index (κ3) is 8.69. The number of carbonyl (C=O) groups excluding carboxylic acids is 1. The molecule has 0 bridgehead atoms. The molecule has 74 valence electrons. The smallest absolute Gasteiger partial charge is 0.250 e. The van der Waals surface area contributed by atoms with Crippen molar-refractivity contribution in [2.75, 3.05) is 19.6 Å². The molecule has 0 fully saturated rings. The Morgan fingerprint density at radius 2 is 2.23 bits per heavy atom. The van der Waals surface area contributed by atoms with Crippen LogP contribution in [0, 0.1) is 11.3 Å². The summed E-state index contributed by atoms with van der Waals surface area (Å²) in [4.78, 5) is 10.8. The Morgan fingerprint density at radius 1 is 1.54 bits per heavy atom. The highest BCUT2D eigenvalue weighted by atomic mass is 19.3. The van der Waals surface area contributed by atoms with Crippen LogP contribution in [0.25, 0.3) is 0 Å². The molecule has 6 heteroatoms. The SMILES string of the molecule is N#CCCNC(=O)CNCC(F)F. The second-order valence-electron chi connectivity index (χ2n) is 2.28. The minimum atomic E-state index is -2.45. The van der Waals surface area contributed by atoms with Gasteiger partial charge < -0.3 is 10.6 Å². The maximum absolute atomic E-state index is 11.6. The summed E-state index contributed by atoms with van der Waals surface area (Å²) in [5.74, 6) is -0.379. The molecule has 0 aliphatic carbocycles. The molecule has 0 aliphatic rings. The minimum Gasteiger partial charge on any atom is -0.354 e. The van der Waals surface area contributed by atoms with Gasteiger partial charge in [0.15, 0.2) is 0 Å². The van der Waals surface area contributed by atoms with Crippen LogP contribution in [-0.4, -0.2) is 32.0 Å². The first-order chi connectivity index (χ1) is 6.16. The number of hydrogen-bond donors (Lipinski definition) is 2. The summed E-state index contributed by atoms with van der Waals surface area (Å²) in [5.41, 5.74) is 0. The van der Waals surface area contributed by atoms with Gasteiger partial charge in [0.2, 0.25) is 5.91 Å². The fraction of sp³-hybridized carbons (Fsp3) is 0.714. The number of nitrogens with one attached hydrogen (secondary N) is 2. The number of alkyl halides is 2. The Hall–Kier alpha value is -1.22. The van der Waals surface area contributed by atoms with Crippen LogP contribution in [0.4, 0.5) is 8.78 Å². The van der Waals surface area contributed by atoms with Gasteiger partial charge in [-0.1, -0.05) is 0 Å². The van der Waals surface area contributed by atoms with Gasteiger partial charge in [-0.25, -0.2) is 8.78 Å². The van der Waals surface area contributed by atoms with Gasteiger partial charge in [-0.05, 0) is 0 Å². The molecule has 0 saturated heterocycles. The predicted octanol–water partition coefficient (Wildman–Crippen LogP) is -0.129. The van der Waals surface area contributed by atoms with E-state index < -0.39 is 13.0 Å². The van der Waals surface area contributed by atoms with E-state index in [0.717, 1.165) is 0 Å². The van der Waals surface area contributed by atoms with E-state index >= 15 is 0 Å². The molecule has 0 spiro atoms. The zero-order valence-electron chi connectivity index (χ0n) is 7.02. The summed E-state index contributed by atoms with van der Waals surface area (Å²) in [6.07, 6.45) is -2.23. The summed E-state index contributed by atoms with van der Waals surface area (Å²) >= 11 is 0. The maximum Gasteiger partial charge on any atom is 0.250 e. The van der Waals surface area contributed by atoms with Crippen molar-refractivity contribution in [2.45, 2.75) is 12.8 Å². The zero-order valence-corrected chi connectivity index (χ0v) is 7.02. The quantitative estimate of drug-likeness (QED) is 0.575. The number of carbonyl (C=O) groups is 1. The molecule has 0 heterocycles. The summed E-state index contributed by atoms with van der Waals surface area (Å²) in [7, 11) is 0. The molecule has 0 saturated carbocycles. The molecule has 0 rings (SSSR count). The van der Waals surface area contributed by atoms with Crippen LogP contribution in [0.5, 0.6) is 0 Å². The van der Waals surface area contributed by atoms with Gasteiger partial charge in [-0.15, -0.1) is 0 Å². The monoisotopic (exact) mass is 191 g/mol. The van der Waals surface area contributed by atoms with E-state index in [1.165, 1.54) is 0 Å². The summed E-state index contributed by atoms with van der Waals surface area (Å²) in [6, 6.07) is 1.84. The Labute approximate surface area is 74.9 Å². The molecular weight excluding hydrogens is 180 g/mol. The highest BCUT2D eigenvalue weighted by molar-refractivity contribution is 5.77. The normalized spacial score (nSPS) is 9.69. The molecule has 0 aliphatic heterocycles. The lowest BCUT2D eigenvalue weighted by Crippen LogP contribution is -2.36. The van der Waals surface area contributed by atoms with Crippen LogP contribution >= 0.6 is 0 Å². The van der Waals surface area contributed by atoms with Crippen molar-refractivity contribution < 1.29 is 13.6 Å². The lowest BCUT2D eigenvalue weighted by molar-refractivity contribution is -0.120. The van der Waals surface area contributed by atoms with Crippen molar-refractivity contribution in [3.05, 3.63) is 0 Å². The molecule has 0 aromatic carbocycles. The topological polar surface area (TPSA) is 64.9 Å². The second kappa shape index (κ2) is 7.43. The van der Waals surface area contributed by atoms with Gasteiger partial charge in [-0.3, -0.25) is 4.79 Å². The van der Waals surface area contributed by atoms with E-state index in [4.69, 9.17) is 5.26 Å². The van der Waals surface area contributed by atoms with Crippen LogP contribution in [0.2, 0.25) is 0 Å². The average Bonchev–Trinajstić information content (AvgIpc) is 2.04. The molecule has 1 amide bonds. The largest absolute Gasteiger partial charge is 0.354 e. The summed E-state index contributed by atoms with van der Waals surface area (Å²) < 4.78 is 23.1. The van der Waals surface area contributed by atoms with Crippen molar-refractivity contribution in [1.29, 1.82) is 5.26 Å². The van der Waals surface area contributed by atoms with Crippen molar-refractivity contribution in [3.63, 3.8) is 0 Å². The van der Waals surface area contributed by atoms with Gasteiger partial charge >= 0.3 is 0 Å². The van der Waals surface area contributed by atoms with Crippen LogP contribution in [0.3, 0.4) is 0 Å². The molecule has 0 unspecified atom stereocenters.